The van der Waals surface area contributed by atoms with Gasteiger partial charge in [-0.3, -0.25) is 0 Å². The topological polar surface area (TPSA) is 67.7 Å². The number of anilines is 1. The summed E-state index contributed by atoms with van der Waals surface area (Å²) in [6.07, 6.45) is 1.74. The molecular weight excluding hydrogens is 362 g/mol. The lowest BCUT2D eigenvalue weighted by atomic mass is 10.2. The molecule has 140 valence electrons. The average molecular weight is 383 g/mol. The number of ether oxygens (including phenoxy) is 2. The van der Waals surface area contributed by atoms with Crippen molar-refractivity contribution in [3.63, 3.8) is 0 Å². The van der Waals surface area contributed by atoms with Crippen LogP contribution >= 0.6 is 12.2 Å². The second kappa shape index (κ2) is 8.50. The third-order valence-electron chi connectivity index (χ3n) is 3.86. The summed E-state index contributed by atoms with van der Waals surface area (Å²) in [4.78, 5) is 2.04. The highest BCUT2D eigenvalue weighted by Crippen LogP contribution is 2.19. The van der Waals surface area contributed by atoms with Crippen LogP contribution in [0.25, 0.3) is 0 Å². The van der Waals surface area contributed by atoms with Gasteiger partial charge in [0, 0.05) is 25.8 Å². The highest BCUT2D eigenvalue weighted by Gasteiger charge is 2.07. The summed E-state index contributed by atoms with van der Waals surface area (Å²) in [6.45, 7) is 0.219. The Kier molecular flexibility index (Phi) is 5.87. The largest absolute Gasteiger partial charge is 0.497 e. The fourth-order valence-corrected chi connectivity index (χ4v) is 2.56. The minimum atomic E-state index is 0.219. The van der Waals surface area contributed by atoms with Crippen LogP contribution in [0.1, 0.15) is 11.4 Å². The van der Waals surface area contributed by atoms with Crippen molar-refractivity contribution in [3.8, 4) is 11.5 Å². The molecule has 0 radical (unpaired) electrons. The molecule has 0 aliphatic heterocycles. The molecule has 8 heteroatoms. The van der Waals surface area contributed by atoms with Gasteiger partial charge in [-0.1, -0.05) is 18.2 Å². The number of aromatic amines is 1. The summed E-state index contributed by atoms with van der Waals surface area (Å²) >= 11 is 5.26. The van der Waals surface area contributed by atoms with Crippen molar-refractivity contribution in [3.05, 3.63) is 64.7 Å². The quantitative estimate of drug-likeness (QED) is 0.500. The predicted molar refractivity (Wildman–Crippen MR) is 108 cm³/mol. The standard InChI is InChI=1S/C19H21N5O2S/c1-23(2)15-9-7-14(8-10-15)12-20-24-18(21-22-19(24)27)13-26-17-6-4-5-16(11-17)25-3/h4-12H,13H2,1-3H3,(H,22,27)/b20-12-. The number of hydrogen-bond acceptors (Lipinski definition) is 6. The molecule has 7 nitrogen and oxygen atoms in total. The number of nitrogens with zero attached hydrogens (tertiary/aromatic N) is 4. The molecule has 1 aromatic heterocycles. The first-order valence-electron chi connectivity index (χ1n) is 8.31. The normalized spacial score (nSPS) is 10.9. The monoisotopic (exact) mass is 383 g/mol. The Morgan fingerprint density at radius 2 is 1.93 bits per heavy atom. The average Bonchev–Trinajstić information content (AvgIpc) is 3.04. The number of nitrogens with one attached hydrogen (secondary N) is 1. The van der Waals surface area contributed by atoms with Gasteiger partial charge < -0.3 is 14.4 Å². The summed E-state index contributed by atoms with van der Waals surface area (Å²) in [5, 5.41) is 11.4. The zero-order chi connectivity index (χ0) is 19.2. The number of hydrogen-bond donors (Lipinski definition) is 1. The van der Waals surface area contributed by atoms with Gasteiger partial charge in [-0.05, 0) is 42.0 Å². The first kappa shape index (κ1) is 18.7. The maximum Gasteiger partial charge on any atom is 0.216 e. The molecule has 27 heavy (non-hydrogen) atoms. The molecule has 0 bridgehead atoms. The van der Waals surface area contributed by atoms with Crippen molar-refractivity contribution < 1.29 is 9.47 Å². The van der Waals surface area contributed by atoms with Crippen LogP contribution in [0.4, 0.5) is 5.69 Å². The van der Waals surface area contributed by atoms with Gasteiger partial charge in [-0.25, -0.2) is 5.10 Å². The van der Waals surface area contributed by atoms with E-state index >= 15 is 0 Å². The Hall–Kier alpha value is -3.13. The molecule has 1 heterocycles. The zero-order valence-corrected chi connectivity index (χ0v) is 16.2. The molecule has 0 atom stereocenters. The van der Waals surface area contributed by atoms with Crippen LogP contribution in [0.15, 0.2) is 53.6 Å². The summed E-state index contributed by atoms with van der Waals surface area (Å²) < 4.78 is 12.9. The molecule has 3 aromatic rings. The fourth-order valence-electron chi connectivity index (χ4n) is 2.36. The van der Waals surface area contributed by atoms with Gasteiger partial charge in [0.2, 0.25) is 4.77 Å². The van der Waals surface area contributed by atoms with Crippen molar-refractivity contribution in [2.75, 3.05) is 26.1 Å². The van der Waals surface area contributed by atoms with Crippen LogP contribution in [-0.4, -0.2) is 42.3 Å². The van der Waals surface area contributed by atoms with E-state index in [1.54, 1.807) is 24.1 Å². The summed E-state index contributed by atoms with van der Waals surface area (Å²) in [5.74, 6) is 1.98. The third kappa shape index (κ3) is 4.73. The molecule has 0 amide bonds. The zero-order valence-electron chi connectivity index (χ0n) is 15.4. The van der Waals surface area contributed by atoms with Gasteiger partial charge in [-0.15, -0.1) is 0 Å². The Morgan fingerprint density at radius 3 is 2.63 bits per heavy atom. The molecule has 0 aliphatic rings. The summed E-state index contributed by atoms with van der Waals surface area (Å²) in [6, 6.07) is 15.4. The van der Waals surface area contributed by atoms with E-state index in [1.807, 2.05) is 61.5 Å². The molecular formula is C19H21N5O2S. The van der Waals surface area contributed by atoms with Crippen LogP contribution in [-0.2, 0) is 6.61 Å². The van der Waals surface area contributed by atoms with Crippen molar-refractivity contribution in [1.29, 1.82) is 0 Å². The van der Waals surface area contributed by atoms with Crippen molar-refractivity contribution >= 4 is 24.1 Å². The lowest BCUT2D eigenvalue weighted by Gasteiger charge is -2.11. The van der Waals surface area contributed by atoms with E-state index in [2.05, 4.69) is 15.3 Å². The van der Waals surface area contributed by atoms with E-state index in [9.17, 15) is 0 Å². The first-order chi connectivity index (χ1) is 13.1. The second-order valence-corrected chi connectivity index (χ2v) is 6.34. The van der Waals surface area contributed by atoms with Gasteiger partial charge in [0.15, 0.2) is 5.82 Å². The van der Waals surface area contributed by atoms with Crippen LogP contribution < -0.4 is 14.4 Å². The van der Waals surface area contributed by atoms with Gasteiger partial charge in [0.25, 0.3) is 0 Å². The van der Waals surface area contributed by atoms with E-state index in [0.717, 1.165) is 17.0 Å². The maximum atomic E-state index is 5.77. The Morgan fingerprint density at radius 1 is 1.19 bits per heavy atom. The predicted octanol–water partition coefficient (Wildman–Crippen LogP) is 3.48. The Balaban J connectivity index is 1.73. The number of benzene rings is 2. The highest BCUT2D eigenvalue weighted by molar-refractivity contribution is 7.71. The van der Waals surface area contributed by atoms with Crippen molar-refractivity contribution in [2.45, 2.75) is 6.61 Å². The molecule has 0 saturated heterocycles. The highest BCUT2D eigenvalue weighted by atomic mass is 32.1. The van der Waals surface area contributed by atoms with Crippen LogP contribution in [0, 0.1) is 4.77 Å². The van der Waals surface area contributed by atoms with E-state index in [4.69, 9.17) is 21.7 Å². The minimum Gasteiger partial charge on any atom is -0.497 e. The molecule has 0 spiro atoms. The van der Waals surface area contributed by atoms with E-state index in [1.165, 1.54) is 0 Å². The number of H-pyrrole nitrogens is 1. The fraction of sp³-hybridized carbons (Fsp3) is 0.211. The third-order valence-corrected chi connectivity index (χ3v) is 4.12. The lowest BCUT2D eigenvalue weighted by Crippen LogP contribution is -2.08. The van der Waals surface area contributed by atoms with E-state index < -0.39 is 0 Å². The first-order valence-corrected chi connectivity index (χ1v) is 8.72. The molecule has 0 aliphatic carbocycles. The maximum absolute atomic E-state index is 5.77. The molecule has 0 fully saturated rings. The molecule has 0 unspecified atom stereocenters. The molecule has 1 N–H and O–H groups in total. The summed E-state index contributed by atoms with van der Waals surface area (Å²) in [7, 11) is 5.62. The van der Waals surface area contributed by atoms with E-state index in [-0.39, 0.29) is 6.61 Å². The van der Waals surface area contributed by atoms with Gasteiger partial charge in [0.05, 0.1) is 13.3 Å². The molecule has 3 rings (SSSR count). The number of rotatable bonds is 7. The lowest BCUT2D eigenvalue weighted by molar-refractivity contribution is 0.288. The van der Waals surface area contributed by atoms with Crippen LogP contribution in [0.2, 0.25) is 0 Å². The van der Waals surface area contributed by atoms with Crippen molar-refractivity contribution in [2.24, 2.45) is 5.10 Å². The Bertz CT molecular complexity index is 976. The van der Waals surface area contributed by atoms with Gasteiger partial charge in [-0.2, -0.15) is 14.9 Å². The van der Waals surface area contributed by atoms with Gasteiger partial charge in [0.1, 0.15) is 18.1 Å². The smallest absolute Gasteiger partial charge is 0.216 e. The van der Waals surface area contributed by atoms with Gasteiger partial charge >= 0.3 is 0 Å². The van der Waals surface area contributed by atoms with Crippen LogP contribution in [0.5, 0.6) is 11.5 Å². The van der Waals surface area contributed by atoms with Crippen LogP contribution in [0.3, 0.4) is 0 Å². The Labute approximate surface area is 162 Å². The minimum absolute atomic E-state index is 0.219. The summed E-state index contributed by atoms with van der Waals surface area (Å²) in [5.41, 5.74) is 2.09. The number of methoxy groups -OCH3 is 1. The SMILES string of the molecule is COc1cccc(OCc2n[nH]c(=S)n2/N=C\c2ccc(N(C)C)cc2)c1. The van der Waals surface area contributed by atoms with E-state index in [0.29, 0.717) is 16.3 Å². The number of aromatic nitrogens is 3. The van der Waals surface area contributed by atoms with Crippen molar-refractivity contribution in [1.82, 2.24) is 14.9 Å². The molecule has 0 saturated carbocycles. The second-order valence-electron chi connectivity index (χ2n) is 5.95. The molecule has 2 aromatic carbocycles.